The van der Waals surface area contributed by atoms with Gasteiger partial charge in [-0.3, -0.25) is 4.79 Å². The summed E-state index contributed by atoms with van der Waals surface area (Å²) in [7, 11) is 3.59. The molecule has 2 saturated heterocycles. The van der Waals surface area contributed by atoms with Crippen LogP contribution in [0.15, 0.2) is 30.0 Å². The van der Waals surface area contributed by atoms with E-state index in [2.05, 4.69) is 35.9 Å². The van der Waals surface area contributed by atoms with Crippen LogP contribution in [0.2, 0.25) is 0 Å². The number of rotatable bonds is 7. The zero-order valence-electron chi connectivity index (χ0n) is 20.8. The number of nitrogens with one attached hydrogen (secondary N) is 1. The molecule has 1 aromatic heterocycles. The number of likely N-dealkylation sites (tertiary alicyclic amines) is 1. The molecule has 1 N–H and O–H groups in total. The summed E-state index contributed by atoms with van der Waals surface area (Å²) >= 11 is 0. The van der Waals surface area contributed by atoms with Crippen LogP contribution in [0.3, 0.4) is 0 Å². The van der Waals surface area contributed by atoms with Gasteiger partial charge in [-0.1, -0.05) is 0 Å². The molecule has 0 radical (unpaired) electrons. The molecule has 182 valence electrons. The van der Waals surface area contributed by atoms with E-state index in [-0.39, 0.29) is 17.5 Å². The summed E-state index contributed by atoms with van der Waals surface area (Å²) in [5.41, 5.74) is 2.61. The van der Waals surface area contributed by atoms with Gasteiger partial charge in [-0.15, -0.1) is 0 Å². The second-order valence-electron chi connectivity index (χ2n) is 9.94. The third kappa shape index (κ3) is 5.45. The minimum absolute atomic E-state index is 0.106. The number of hydrogen-bond acceptors (Lipinski definition) is 6. The predicted molar refractivity (Wildman–Crippen MR) is 133 cm³/mol. The van der Waals surface area contributed by atoms with Crippen LogP contribution in [-0.2, 0) is 4.74 Å². The number of Topliss-reactive ketones (excluding diaryl/α,β-unsaturated/α-hetero) is 1. The van der Waals surface area contributed by atoms with Gasteiger partial charge < -0.3 is 24.3 Å². The fourth-order valence-corrected chi connectivity index (χ4v) is 4.96. The molecule has 7 nitrogen and oxygen atoms in total. The molecule has 2 aromatic rings. The predicted octanol–water partition coefficient (Wildman–Crippen LogP) is 4.47. The van der Waals surface area contributed by atoms with Crippen LogP contribution in [0.5, 0.6) is 5.75 Å². The molecule has 4 rings (SSSR count). The summed E-state index contributed by atoms with van der Waals surface area (Å²) in [5.74, 6) is 0.989. The van der Waals surface area contributed by atoms with E-state index in [0.29, 0.717) is 17.7 Å². The van der Waals surface area contributed by atoms with E-state index in [1.165, 1.54) is 5.56 Å². The SMILES string of the molecule is CC(C)N1CCC(Oc2cc3cc(C(=O)/C(C#N)=C/N(C)C)[nH]c3cc2C2CCOCC2)CC1. The Morgan fingerprint density at radius 2 is 1.91 bits per heavy atom. The molecule has 0 unspecified atom stereocenters. The van der Waals surface area contributed by atoms with E-state index in [9.17, 15) is 10.1 Å². The van der Waals surface area contributed by atoms with Gasteiger partial charge in [0.2, 0.25) is 5.78 Å². The molecule has 0 amide bonds. The van der Waals surface area contributed by atoms with Gasteiger partial charge in [0.15, 0.2) is 0 Å². The van der Waals surface area contributed by atoms with Crippen molar-refractivity contribution in [3.8, 4) is 11.8 Å². The second kappa shape index (κ2) is 10.6. The summed E-state index contributed by atoms with van der Waals surface area (Å²) in [6, 6.07) is 8.63. The number of hydrogen-bond donors (Lipinski definition) is 1. The fraction of sp³-hybridized carbons (Fsp3) is 0.556. The topological polar surface area (TPSA) is 81.6 Å². The fourth-order valence-electron chi connectivity index (χ4n) is 4.96. The van der Waals surface area contributed by atoms with E-state index < -0.39 is 0 Å². The number of aromatic nitrogens is 1. The average Bonchev–Trinajstić information content (AvgIpc) is 3.25. The molecule has 0 spiro atoms. The van der Waals surface area contributed by atoms with Crippen molar-refractivity contribution >= 4 is 16.7 Å². The molecule has 0 bridgehead atoms. The summed E-state index contributed by atoms with van der Waals surface area (Å²) in [5, 5.41) is 10.4. The number of benzene rings is 1. The molecule has 0 saturated carbocycles. The third-order valence-corrected chi connectivity index (χ3v) is 6.91. The summed E-state index contributed by atoms with van der Waals surface area (Å²) in [4.78, 5) is 20.4. The largest absolute Gasteiger partial charge is 0.490 e. The Labute approximate surface area is 202 Å². The van der Waals surface area contributed by atoms with Gasteiger partial charge in [0, 0.05) is 63.5 Å². The number of nitrogens with zero attached hydrogens (tertiary/aromatic N) is 3. The molecule has 0 aliphatic carbocycles. The Morgan fingerprint density at radius 3 is 2.53 bits per heavy atom. The van der Waals surface area contributed by atoms with Crippen LogP contribution in [0, 0.1) is 11.3 Å². The highest BCUT2D eigenvalue weighted by Gasteiger charge is 2.26. The van der Waals surface area contributed by atoms with Crippen molar-refractivity contribution in [1.82, 2.24) is 14.8 Å². The minimum Gasteiger partial charge on any atom is -0.490 e. The van der Waals surface area contributed by atoms with Crippen LogP contribution in [0.1, 0.15) is 61.5 Å². The number of allylic oxidation sites excluding steroid dienone is 1. The van der Waals surface area contributed by atoms with Gasteiger partial charge in [0.25, 0.3) is 0 Å². The maximum atomic E-state index is 13.0. The Hall–Kier alpha value is -2.82. The molecular formula is C27H36N4O3. The lowest BCUT2D eigenvalue weighted by Gasteiger charge is -2.35. The Balaban J connectivity index is 1.65. The highest BCUT2D eigenvalue weighted by atomic mass is 16.5. The number of piperidine rings is 1. The summed E-state index contributed by atoms with van der Waals surface area (Å²) in [6.07, 6.45) is 5.70. The van der Waals surface area contributed by atoms with Gasteiger partial charge in [-0.05, 0) is 69.2 Å². The third-order valence-electron chi connectivity index (χ3n) is 6.91. The van der Waals surface area contributed by atoms with E-state index >= 15 is 0 Å². The number of ether oxygens (including phenoxy) is 2. The Bertz CT molecular complexity index is 1080. The normalized spacial score (nSPS) is 18.9. The Morgan fingerprint density at radius 1 is 1.21 bits per heavy atom. The monoisotopic (exact) mass is 464 g/mol. The van der Waals surface area contributed by atoms with E-state index in [1.54, 1.807) is 25.2 Å². The maximum Gasteiger partial charge on any atom is 0.221 e. The van der Waals surface area contributed by atoms with Crippen molar-refractivity contribution in [3.63, 3.8) is 0 Å². The molecule has 2 fully saturated rings. The molecule has 7 heteroatoms. The second-order valence-corrected chi connectivity index (χ2v) is 9.94. The first-order valence-electron chi connectivity index (χ1n) is 12.3. The van der Waals surface area contributed by atoms with Crippen molar-refractivity contribution in [2.45, 2.75) is 57.6 Å². The molecule has 34 heavy (non-hydrogen) atoms. The van der Waals surface area contributed by atoms with Crippen molar-refractivity contribution in [2.24, 2.45) is 0 Å². The van der Waals surface area contributed by atoms with Crippen molar-refractivity contribution < 1.29 is 14.3 Å². The van der Waals surface area contributed by atoms with Gasteiger partial charge in [-0.25, -0.2) is 0 Å². The van der Waals surface area contributed by atoms with Crippen LogP contribution in [0.4, 0.5) is 0 Å². The number of fused-ring (bicyclic) bond motifs is 1. The highest BCUT2D eigenvalue weighted by molar-refractivity contribution is 6.12. The number of H-pyrrole nitrogens is 1. The minimum atomic E-state index is -0.302. The average molecular weight is 465 g/mol. The molecular weight excluding hydrogens is 428 g/mol. The molecule has 2 aliphatic rings. The number of carbonyl (C=O) groups is 1. The number of carbonyl (C=O) groups excluding carboxylic acids is 1. The Kier molecular flexibility index (Phi) is 7.60. The van der Waals surface area contributed by atoms with Gasteiger partial charge in [0.05, 0.1) is 5.69 Å². The lowest BCUT2D eigenvalue weighted by Crippen LogP contribution is -2.41. The maximum absolute atomic E-state index is 13.0. The highest BCUT2D eigenvalue weighted by Crippen LogP contribution is 2.38. The number of aromatic amines is 1. The standard InChI is InChI=1S/C27H36N4O3/c1-18(2)31-9-5-22(6-10-31)34-26-14-20-13-25(27(32)21(16-28)17-30(3)4)29-24(20)15-23(26)19-7-11-33-12-8-19/h13-15,17-19,22,29H,5-12H2,1-4H3/b21-17+. The first kappa shape index (κ1) is 24.3. The molecule has 3 heterocycles. The van der Waals surface area contributed by atoms with Gasteiger partial charge >= 0.3 is 0 Å². The first-order chi connectivity index (χ1) is 16.4. The quantitative estimate of drug-likeness (QED) is 0.370. The molecule has 0 atom stereocenters. The summed E-state index contributed by atoms with van der Waals surface area (Å²) in [6.45, 7) is 8.10. The van der Waals surface area contributed by atoms with Crippen LogP contribution in [0.25, 0.3) is 10.9 Å². The van der Waals surface area contributed by atoms with Gasteiger partial charge in [0.1, 0.15) is 23.5 Å². The summed E-state index contributed by atoms with van der Waals surface area (Å²) < 4.78 is 12.2. The lowest BCUT2D eigenvalue weighted by molar-refractivity contribution is 0.0760. The smallest absolute Gasteiger partial charge is 0.221 e. The zero-order valence-corrected chi connectivity index (χ0v) is 20.8. The lowest BCUT2D eigenvalue weighted by atomic mass is 9.90. The molecule has 2 aliphatic heterocycles. The van der Waals surface area contributed by atoms with Crippen molar-refractivity contribution in [1.29, 1.82) is 5.26 Å². The van der Waals surface area contributed by atoms with E-state index in [4.69, 9.17) is 9.47 Å². The molecule has 1 aromatic carbocycles. The van der Waals surface area contributed by atoms with Gasteiger partial charge in [-0.2, -0.15) is 5.26 Å². The van der Waals surface area contributed by atoms with E-state index in [1.807, 2.05) is 12.1 Å². The van der Waals surface area contributed by atoms with Crippen molar-refractivity contribution in [3.05, 3.63) is 41.2 Å². The van der Waals surface area contributed by atoms with Crippen LogP contribution < -0.4 is 4.74 Å². The zero-order chi connectivity index (χ0) is 24.2. The van der Waals surface area contributed by atoms with E-state index in [0.717, 1.165) is 68.6 Å². The number of ketones is 1. The van der Waals surface area contributed by atoms with Crippen LogP contribution in [-0.4, -0.2) is 73.1 Å². The van der Waals surface area contributed by atoms with Crippen LogP contribution >= 0.6 is 0 Å². The van der Waals surface area contributed by atoms with Crippen molar-refractivity contribution in [2.75, 3.05) is 40.4 Å². The first-order valence-corrected chi connectivity index (χ1v) is 12.3. The number of nitriles is 1.